The number of carbonyl (C=O) groups is 3. The van der Waals surface area contributed by atoms with Crippen LogP contribution in [0.1, 0.15) is 54.1 Å². The van der Waals surface area contributed by atoms with Crippen LogP contribution < -0.4 is 0 Å². The van der Waals surface area contributed by atoms with E-state index in [-0.39, 0.29) is 36.1 Å². The standard InChI is InChI=1S/C28H35N3O3/c1-3-15-31(25-13-16-29(17-14-25)27(33)23-7-5-4-6-8-23)28(34)24-18-26(32)30(20-24)19-22-11-9-21(2)10-12-22/h4-12,24-25H,3,13-20H2,1-2H3. The fourth-order valence-electron chi connectivity index (χ4n) is 5.10. The Morgan fingerprint density at radius 2 is 1.68 bits per heavy atom. The van der Waals surface area contributed by atoms with Gasteiger partial charge in [0.1, 0.15) is 0 Å². The molecule has 0 radical (unpaired) electrons. The molecule has 0 bridgehead atoms. The molecule has 6 nitrogen and oxygen atoms in total. The summed E-state index contributed by atoms with van der Waals surface area (Å²) >= 11 is 0. The number of likely N-dealkylation sites (tertiary alicyclic amines) is 2. The molecule has 2 aliphatic heterocycles. The first-order chi connectivity index (χ1) is 16.5. The van der Waals surface area contributed by atoms with Crippen LogP contribution in [0.3, 0.4) is 0 Å². The van der Waals surface area contributed by atoms with Crippen LogP contribution in [-0.4, -0.2) is 64.6 Å². The third kappa shape index (κ3) is 5.49. The second-order valence-electron chi connectivity index (χ2n) is 9.58. The fourth-order valence-corrected chi connectivity index (χ4v) is 5.10. The minimum atomic E-state index is -0.284. The van der Waals surface area contributed by atoms with Gasteiger partial charge in [0, 0.05) is 50.7 Å². The quantitative estimate of drug-likeness (QED) is 0.629. The van der Waals surface area contributed by atoms with Crippen molar-refractivity contribution in [2.45, 2.75) is 52.1 Å². The molecule has 0 spiro atoms. The highest BCUT2D eigenvalue weighted by atomic mass is 16.2. The smallest absolute Gasteiger partial charge is 0.253 e. The van der Waals surface area contributed by atoms with Crippen molar-refractivity contribution in [3.8, 4) is 0 Å². The molecule has 3 amide bonds. The van der Waals surface area contributed by atoms with Crippen molar-refractivity contribution in [3.05, 3.63) is 71.3 Å². The van der Waals surface area contributed by atoms with Crippen LogP contribution in [0.15, 0.2) is 54.6 Å². The van der Waals surface area contributed by atoms with E-state index < -0.39 is 0 Å². The topological polar surface area (TPSA) is 60.9 Å². The van der Waals surface area contributed by atoms with Crippen LogP contribution in [0.25, 0.3) is 0 Å². The summed E-state index contributed by atoms with van der Waals surface area (Å²) in [5.41, 5.74) is 2.99. The monoisotopic (exact) mass is 461 g/mol. The van der Waals surface area contributed by atoms with E-state index in [0.717, 1.165) is 24.8 Å². The Morgan fingerprint density at radius 1 is 1.00 bits per heavy atom. The Kier molecular flexibility index (Phi) is 7.66. The van der Waals surface area contributed by atoms with E-state index >= 15 is 0 Å². The molecule has 0 N–H and O–H groups in total. The van der Waals surface area contributed by atoms with E-state index in [9.17, 15) is 14.4 Å². The minimum Gasteiger partial charge on any atom is -0.339 e. The highest BCUT2D eigenvalue weighted by Gasteiger charge is 2.39. The molecule has 2 heterocycles. The van der Waals surface area contributed by atoms with Crippen LogP contribution in [0.4, 0.5) is 0 Å². The molecule has 34 heavy (non-hydrogen) atoms. The zero-order valence-electron chi connectivity index (χ0n) is 20.3. The van der Waals surface area contributed by atoms with Gasteiger partial charge in [0.05, 0.1) is 5.92 Å². The molecular weight excluding hydrogens is 426 g/mol. The predicted molar refractivity (Wildman–Crippen MR) is 132 cm³/mol. The highest BCUT2D eigenvalue weighted by molar-refractivity contribution is 5.94. The van der Waals surface area contributed by atoms with E-state index in [1.165, 1.54) is 5.56 Å². The molecule has 180 valence electrons. The van der Waals surface area contributed by atoms with E-state index in [1.54, 1.807) is 0 Å². The largest absolute Gasteiger partial charge is 0.339 e. The molecule has 4 rings (SSSR count). The van der Waals surface area contributed by atoms with Crippen molar-refractivity contribution >= 4 is 17.7 Å². The SMILES string of the molecule is CCCN(C(=O)C1CC(=O)N(Cc2ccc(C)cc2)C1)C1CCN(C(=O)c2ccccc2)CC1. The Hall–Kier alpha value is -3.15. The lowest BCUT2D eigenvalue weighted by Crippen LogP contribution is -2.50. The van der Waals surface area contributed by atoms with Gasteiger partial charge in [-0.05, 0) is 43.9 Å². The average molecular weight is 462 g/mol. The molecule has 2 aromatic rings. The average Bonchev–Trinajstić information content (AvgIpc) is 3.23. The molecule has 2 fully saturated rings. The summed E-state index contributed by atoms with van der Waals surface area (Å²) in [5, 5.41) is 0. The van der Waals surface area contributed by atoms with Gasteiger partial charge >= 0.3 is 0 Å². The Labute approximate surface area is 202 Å². The second-order valence-corrected chi connectivity index (χ2v) is 9.58. The summed E-state index contributed by atoms with van der Waals surface area (Å²) in [5.74, 6) is -0.0814. The number of amides is 3. The number of aryl methyl sites for hydroxylation is 1. The molecule has 0 aliphatic carbocycles. The normalized spacial score (nSPS) is 18.9. The molecule has 1 atom stereocenters. The van der Waals surface area contributed by atoms with Crippen LogP contribution in [0.5, 0.6) is 0 Å². The van der Waals surface area contributed by atoms with Crippen molar-refractivity contribution in [1.29, 1.82) is 0 Å². The van der Waals surface area contributed by atoms with Gasteiger partial charge < -0.3 is 14.7 Å². The summed E-state index contributed by atoms with van der Waals surface area (Å²) in [6, 6.07) is 17.7. The van der Waals surface area contributed by atoms with Crippen molar-refractivity contribution in [2.75, 3.05) is 26.2 Å². The molecule has 2 saturated heterocycles. The maximum absolute atomic E-state index is 13.5. The number of benzene rings is 2. The second kappa shape index (κ2) is 10.9. The molecule has 2 aromatic carbocycles. The molecule has 2 aliphatic rings. The Morgan fingerprint density at radius 3 is 2.32 bits per heavy atom. The first-order valence-electron chi connectivity index (χ1n) is 12.4. The maximum atomic E-state index is 13.5. The number of piperidine rings is 1. The van der Waals surface area contributed by atoms with Gasteiger partial charge in [0.25, 0.3) is 5.91 Å². The Bertz CT molecular complexity index is 997. The lowest BCUT2D eigenvalue weighted by atomic mass is 9.98. The Balaban J connectivity index is 1.35. The summed E-state index contributed by atoms with van der Waals surface area (Å²) in [4.78, 5) is 44.7. The molecule has 1 unspecified atom stereocenters. The van der Waals surface area contributed by atoms with Crippen molar-refractivity contribution in [2.24, 2.45) is 5.92 Å². The lowest BCUT2D eigenvalue weighted by Gasteiger charge is -2.39. The van der Waals surface area contributed by atoms with Crippen molar-refractivity contribution < 1.29 is 14.4 Å². The minimum absolute atomic E-state index is 0.0543. The number of carbonyl (C=O) groups excluding carboxylic acids is 3. The van der Waals surface area contributed by atoms with Crippen molar-refractivity contribution in [3.63, 3.8) is 0 Å². The summed E-state index contributed by atoms with van der Waals surface area (Å²) < 4.78 is 0. The lowest BCUT2D eigenvalue weighted by molar-refractivity contribution is -0.139. The van der Waals surface area contributed by atoms with Crippen LogP contribution >= 0.6 is 0 Å². The first-order valence-corrected chi connectivity index (χ1v) is 12.4. The molecule has 0 saturated carbocycles. The highest BCUT2D eigenvalue weighted by Crippen LogP contribution is 2.26. The van der Waals surface area contributed by atoms with Gasteiger partial charge in [-0.25, -0.2) is 0 Å². The van der Waals surface area contributed by atoms with Gasteiger partial charge in [-0.15, -0.1) is 0 Å². The summed E-state index contributed by atoms with van der Waals surface area (Å²) in [6.45, 7) is 7.15. The predicted octanol–water partition coefficient (Wildman–Crippen LogP) is 3.89. The van der Waals surface area contributed by atoms with E-state index in [0.29, 0.717) is 38.3 Å². The van der Waals surface area contributed by atoms with Gasteiger partial charge in [-0.2, -0.15) is 0 Å². The zero-order chi connectivity index (χ0) is 24.1. The third-order valence-electron chi connectivity index (χ3n) is 7.02. The van der Waals surface area contributed by atoms with Crippen molar-refractivity contribution in [1.82, 2.24) is 14.7 Å². The number of hydrogen-bond donors (Lipinski definition) is 0. The summed E-state index contributed by atoms with van der Waals surface area (Å²) in [6.07, 6.45) is 2.72. The summed E-state index contributed by atoms with van der Waals surface area (Å²) in [7, 11) is 0. The van der Waals surface area contributed by atoms with Crippen LogP contribution in [-0.2, 0) is 16.1 Å². The van der Waals surface area contributed by atoms with E-state index in [1.807, 2.05) is 64.1 Å². The van der Waals surface area contributed by atoms with Gasteiger partial charge in [0.15, 0.2) is 0 Å². The van der Waals surface area contributed by atoms with E-state index in [2.05, 4.69) is 19.1 Å². The van der Waals surface area contributed by atoms with Crippen LogP contribution in [0.2, 0.25) is 0 Å². The number of rotatable bonds is 7. The maximum Gasteiger partial charge on any atom is 0.253 e. The van der Waals surface area contributed by atoms with Crippen LogP contribution in [0, 0.1) is 12.8 Å². The van der Waals surface area contributed by atoms with Gasteiger partial charge in [0.2, 0.25) is 11.8 Å². The molecule has 0 aromatic heterocycles. The van der Waals surface area contributed by atoms with Gasteiger partial charge in [-0.1, -0.05) is 55.0 Å². The number of hydrogen-bond acceptors (Lipinski definition) is 3. The van der Waals surface area contributed by atoms with E-state index in [4.69, 9.17) is 0 Å². The zero-order valence-corrected chi connectivity index (χ0v) is 20.3. The van der Waals surface area contributed by atoms with Gasteiger partial charge in [-0.3, -0.25) is 14.4 Å². The fraction of sp³-hybridized carbons (Fsp3) is 0.464. The number of nitrogens with zero attached hydrogens (tertiary/aromatic N) is 3. The molecule has 6 heteroatoms. The molecular formula is C28H35N3O3. The third-order valence-corrected chi connectivity index (χ3v) is 7.02. The first kappa shape index (κ1) is 24.0.